The first kappa shape index (κ1) is 16.5. The first-order valence-corrected chi connectivity index (χ1v) is 8.41. The van der Waals surface area contributed by atoms with Gasteiger partial charge in [0, 0.05) is 12.6 Å². The molecule has 2 atom stereocenters. The molecule has 21 heavy (non-hydrogen) atoms. The van der Waals surface area contributed by atoms with Gasteiger partial charge in [-0.3, -0.25) is 0 Å². The molecule has 1 heterocycles. The fourth-order valence-corrected chi connectivity index (χ4v) is 3.51. The summed E-state index contributed by atoms with van der Waals surface area (Å²) in [6.45, 7) is 13.0. The lowest BCUT2D eigenvalue weighted by molar-refractivity contribution is 0.0995. The first-order valence-electron chi connectivity index (χ1n) is 8.41. The average Bonchev–Trinajstić information content (AvgIpc) is 2.47. The van der Waals surface area contributed by atoms with E-state index in [1.54, 1.807) is 0 Å². The predicted octanol–water partition coefficient (Wildman–Crippen LogP) is 4.08. The van der Waals surface area contributed by atoms with Crippen molar-refractivity contribution in [1.29, 1.82) is 0 Å². The van der Waals surface area contributed by atoms with Crippen LogP contribution < -0.4 is 5.73 Å². The van der Waals surface area contributed by atoms with Crippen molar-refractivity contribution >= 4 is 0 Å². The molecule has 0 saturated carbocycles. The van der Waals surface area contributed by atoms with Crippen LogP contribution >= 0.6 is 0 Å². The van der Waals surface area contributed by atoms with Crippen molar-refractivity contribution < 1.29 is 0 Å². The lowest BCUT2D eigenvalue weighted by Crippen LogP contribution is -2.41. The van der Waals surface area contributed by atoms with Crippen molar-refractivity contribution in [3.63, 3.8) is 0 Å². The van der Waals surface area contributed by atoms with Crippen LogP contribution in [0.5, 0.6) is 0 Å². The van der Waals surface area contributed by atoms with E-state index in [1.807, 2.05) is 0 Å². The maximum atomic E-state index is 6.43. The summed E-state index contributed by atoms with van der Waals surface area (Å²) in [6.07, 6.45) is 2.66. The fourth-order valence-electron chi connectivity index (χ4n) is 3.51. The Labute approximate surface area is 130 Å². The molecule has 2 nitrogen and oxygen atoms in total. The summed E-state index contributed by atoms with van der Waals surface area (Å²) in [4.78, 5) is 2.61. The molecule has 1 saturated heterocycles. The van der Waals surface area contributed by atoms with Crippen molar-refractivity contribution in [2.24, 2.45) is 23.0 Å². The van der Waals surface area contributed by atoms with E-state index >= 15 is 0 Å². The smallest absolute Gasteiger partial charge is 0.0333 e. The zero-order chi connectivity index (χ0) is 15.5. The minimum absolute atomic E-state index is 0.145. The highest BCUT2D eigenvalue weighted by Crippen LogP contribution is 2.34. The van der Waals surface area contributed by atoms with Crippen molar-refractivity contribution in [2.75, 3.05) is 19.6 Å². The Balaban J connectivity index is 1.83. The van der Waals surface area contributed by atoms with Crippen LogP contribution in [-0.2, 0) is 0 Å². The van der Waals surface area contributed by atoms with Crippen molar-refractivity contribution in [3.8, 4) is 0 Å². The molecular formula is C19H32N2. The molecule has 0 radical (unpaired) electrons. The molecule has 0 amide bonds. The highest BCUT2D eigenvalue weighted by Gasteiger charge is 2.29. The van der Waals surface area contributed by atoms with Gasteiger partial charge in [-0.05, 0) is 48.7 Å². The maximum Gasteiger partial charge on any atom is 0.0333 e. The molecule has 0 bridgehead atoms. The molecule has 0 aromatic heterocycles. The Kier molecular flexibility index (Phi) is 5.45. The minimum Gasteiger partial charge on any atom is -0.324 e. The number of piperidine rings is 1. The number of hydrogen-bond acceptors (Lipinski definition) is 2. The normalized spacial score (nSPS) is 21.2. The molecule has 118 valence electrons. The van der Waals surface area contributed by atoms with Crippen molar-refractivity contribution in [2.45, 2.75) is 46.6 Å². The van der Waals surface area contributed by atoms with Gasteiger partial charge in [0.25, 0.3) is 0 Å². The predicted molar refractivity (Wildman–Crippen MR) is 91.2 cm³/mol. The number of likely N-dealkylation sites (tertiary alicyclic amines) is 1. The third kappa shape index (κ3) is 4.55. The first-order chi connectivity index (χ1) is 9.88. The molecule has 1 aromatic carbocycles. The minimum atomic E-state index is 0.145. The highest BCUT2D eigenvalue weighted by atomic mass is 15.1. The van der Waals surface area contributed by atoms with E-state index in [2.05, 4.69) is 62.9 Å². The molecule has 2 heteroatoms. The topological polar surface area (TPSA) is 29.3 Å². The Hall–Kier alpha value is -0.860. The Morgan fingerprint density at radius 3 is 2.24 bits per heavy atom. The molecule has 2 N–H and O–H groups in total. The third-order valence-electron chi connectivity index (χ3n) is 5.16. The molecule has 1 fully saturated rings. The van der Waals surface area contributed by atoms with Crippen molar-refractivity contribution in [3.05, 3.63) is 35.9 Å². The van der Waals surface area contributed by atoms with E-state index in [-0.39, 0.29) is 6.04 Å². The van der Waals surface area contributed by atoms with Crippen LogP contribution in [0.3, 0.4) is 0 Å². The van der Waals surface area contributed by atoms with Gasteiger partial charge in [-0.2, -0.15) is 0 Å². The zero-order valence-electron chi connectivity index (χ0n) is 14.2. The van der Waals surface area contributed by atoms with Gasteiger partial charge < -0.3 is 10.6 Å². The number of nitrogens with two attached hydrogens (primary N) is 1. The van der Waals surface area contributed by atoms with Gasteiger partial charge in [-0.25, -0.2) is 0 Å². The van der Waals surface area contributed by atoms with Gasteiger partial charge in [-0.15, -0.1) is 0 Å². The molecule has 0 aliphatic carbocycles. The standard InChI is InChI=1S/C19H32N2/c1-15(18(20)16-8-6-5-7-9-16)14-21-12-10-17(11-13-21)19(2,3)4/h5-9,15,17-18H,10-14,20H2,1-4H3. The van der Waals surface area contributed by atoms with Gasteiger partial charge in [0.15, 0.2) is 0 Å². The number of hydrogen-bond donors (Lipinski definition) is 1. The molecule has 0 spiro atoms. The zero-order valence-corrected chi connectivity index (χ0v) is 14.2. The van der Waals surface area contributed by atoms with Crippen LogP contribution in [-0.4, -0.2) is 24.5 Å². The molecular weight excluding hydrogens is 256 g/mol. The largest absolute Gasteiger partial charge is 0.324 e. The summed E-state index contributed by atoms with van der Waals surface area (Å²) < 4.78 is 0. The number of rotatable bonds is 4. The summed E-state index contributed by atoms with van der Waals surface area (Å²) in [6, 6.07) is 10.7. The molecule has 2 unspecified atom stereocenters. The fraction of sp³-hybridized carbons (Fsp3) is 0.684. The summed E-state index contributed by atoms with van der Waals surface area (Å²) in [7, 11) is 0. The number of benzene rings is 1. The van der Waals surface area contributed by atoms with E-state index in [0.717, 1.165) is 12.5 Å². The van der Waals surface area contributed by atoms with E-state index in [9.17, 15) is 0 Å². The van der Waals surface area contributed by atoms with Crippen LogP contribution in [0.25, 0.3) is 0 Å². The second-order valence-electron chi connectivity index (χ2n) is 7.85. The van der Waals surface area contributed by atoms with Crippen LogP contribution in [0.1, 0.15) is 52.1 Å². The van der Waals surface area contributed by atoms with Gasteiger partial charge in [-0.1, -0.05) is 58.0 Å². The second kappa shape index (κ2) is 6.93. The molecule has 2 rings (SSSR count). The van der Waals surface area contributed by atoms with E-state index in [1.165, 1.54) is 31.5 Å². The van der Waals surface area contributed by atoms with Gasteiger partial charge in [0.2, 0.25) is 0 Å². The quantitative estimate of drug-likeness (QED) is 0.904. The summed E-state index contributed by atoms with van der Waals surface area (Å²) in [5.41, 5.74) is 8.14. The average molecular weight is 288 g/mol. The molecule has 1 aliphatic heterocycles. The highest BCUT2D eigenvalue weighted by molar-refractivity contribution is 5.19. The third-order valence-corrected chi connectivity index (χ3v) is 5.16. The Bertz CT molecular complexity index is 413. The van der Waals surface area contributed by atoms with Crippen LogP contribution in [0.4, 0.5) is 0 Å². The van der Waals surface area contributed by atoms with E-state index in [4.69, 9.17) is 5.73 Å². The summed E-state index contributed by atoms with van der Waals surface area (Å²) >= 11 is 0. The Morgan fingerprint density at radius 1 is 1.14 bits per heavy atom. The van der Waals surface area contributed by atoms with Crippen LogP contribution in [0, 0.1) is 17.3 Å². The second-order valence-corrected chi connectivity index (χ2v) is 7.85. The summed E-state index contributed by atoms with van der Waals surface area (Å²) in [5, 5.41) is 0. The van der Waals surface area contributed by atoms with Crippen LogP contribution in [0.2, 0.25) is 0 Å². The monoisotopic (exact) mass is 288 g/mol. The van der Waals surface area contributed by atoms with Gasteiger partial charge in [0.05, 0.1) is 0 Å². The molecule has 1 aliphatic rings. The maximum absolute atomic E-state index is 6.43. The van der Waals surface area contributed by atoms with E-state index < -0.39 is 0 Å². The van der Waals surface area contributed by atoms with Gasteiger partial charge in [0.1, 0.15) is 0 Å². The lowest BCUT2D eigenvalue weighted by atomic mass is 9.75. The SMILES string of the molecule is CC(CN1CCC(C(C)(C)C)CC1)C(N)c1ccccc1. The Morgan fingerprint density at radius 2 is 1.71 bits per heavy atom. The number of nitrogens with zero attached hydrogens (tertiary/aromatic N) is 1. The summed E-state index contributed by atoms with van der Waals surface area (Å²) in [5.74, 6) is 1.37. The molecule has 1 aromatic rings. The van der Waals surface area contributed by atoms with Crippen molar-refractivity contribution in [1.82, 2.24) is 4.90 Å². The van der Waals surface area contributed by atoms with Crippen LogP contribution in [0.15, 0.2) is 30.3 Å². The van der Waals surface area contributed by atoms with Gasteiger partial charge >= 0.3 is 0 Å². The lowest BCUT2D eigenvalue weighted by Gasteiger charge is -2.40. The van der Waals surface area contributed by atoms with E-state index in [0.29, 0.717) is 11.3 Å².